The first-order valence-corrected chi connectivity index (χ1v) is 9.27. The molecule has 0 radical (unpaired) electrons. The van der Waals surface area contributed by atoms with Crippen molar-refractivity contribution in [3.05, 3.63) is 58.6 Å². The van der Waals surface area contributed by atoms with Crippen LogP contribution in [-0.2, 0) is 17.9 Å². The number of halogens is 1. The minimum atomic E-state index is -0.835. The number of hydrogen-bond acceptors (Lipinski definition) is 4. The zero-order valence-corrected chi connectivity index (χ0v) is 16.6. The molecule has 2 N–H and O–H groups in total. The van der Waals surface area contributed by atoms with E-state index in [0.717, 1.165) is 11.1 Å². The van der Waals surface area contributed by atoms with Crippen LogP contribution in [0.25, 0.3) is 0 Å². The molecule has 0 heterocycles. The SMILES string of the molecule is COc1cc(CNC(CC(C)C)C(=O)O)ccc1OCc1ccc(Cl)cc1. The van der Waals surface area contributed by atoms with Crippen LogP contribution >= 0.6 is 11.6 Å². The van der Waals surface area contributed by atoms with E-state index in [2.05, 4.69) is 5.32 Å². The van der Waals surface area contributed by atoms with Gasteiger partial charge in [0.05, 0.1) is 7.11 Å². The normalized spacial score (nSPS) is 12.0. The molecule has 2 aromatic rings. The van der Waals surface area contributed by atoms with Gasteiger partial charge in [0, 0.05) is 11.6 Å². The maximum absolute atomic E-state index is 11.4. The number of aliphatic carboxylic acids is 1. The molecule has 6 heteroatoms. The van der Waals surface area contributed by atoms with Crippen LogP contribution in [0.2, 0.25) is 5.02 Å². The Morgan fingerprint density at radius 3 is 2.37 bits per heavy atom. The van der Waals surface area contributed by atoms with Gasteiger partial charge in [-0.1, -0.05) is 43.6 Å². The minimum absolute atomic E-state index is 0.303. The first-order chi connectivity index (χ1) is 12.9. The van der Waals surface area contributed by atoms with Gasteiger partial charge in [0.25, 0.3) is 0 Å². The van der Waals surface area contributed by atoms with Crippen molar-refractivity contribution in [1.29, 1.82) is 0 Å². The first kappa shape index (κ1) is 21.1. The Kier molecular flexibility index (Phi) is 7.95. The van der Waals surface area contributed by atoms with Crippen molar-refractivity contribution < 1.29 is 19.4 Å². The number of carboxylic acids is 1. The molecule has 146 valence electrons. The summed E-state index contributed by atoms with van der Waals surface area (Å²) in [4.78, 5) is 11.4. The zero-order chi connectivity index (χ0) is 19.8. The maximum atomic E-state index is 11.4. The highest BCUT2D eigenvalue weighted by molar-refractivity contribution is 6.30. The number of hydrogen-bond donors (Lipinski definition) is 2. The second kappa shape index (κ2) is 10.2. The molecule has 0 fully saturated rings. The lowest BCUT2D eigenvalue weighted by Gasteiger charge is -2.17. The molecule has 0 saturated heterocycles. The van der Waals surface area contributed by atoms with Gasteiger partial charge in [-0.15, -0.1) is 0 Å². The molecule has 0 saturated carbocycles. The predicted molar refractivity (Wildman–Crippen MR) is 106 cm³/mol. The van der Waals surface area contributed by atoms with Crippen molar-refractivity contribution in [1.82, 2.24) is 5.32 Å². The molecular formula is C21H26ClNO4. The van der Waals surface area contributed by atoms with Crippen LogP contribution in [-0.4, -0.2) is 24.2 Å². The lowest BCUT2D eigenvalue weighted by atomic mass is 10.0. The molecule has 2 aromatic carbocycles. The first-order valence-electron chi connectivity index (χ1n) is 8.89. The molecule has 1 unspecified atom stereocenters. The smallest absolute Gasteiger partial charge is 0.320 e. The van der Waals surface area contributed by atoms with Crippen molar-refractivity contribution in [2.45, 2.75) is 39.5 Å². The van der Waals surface area contributed by atoms with E-state index >= 15 is 0 Å². The quantitative estimate of drug-likeness (QED) is 0.623. The fourth-order valence-corrected chi connectivity index (χ4v) is 2.79. The predicted octanol–water partition coefficient (Wildman–Crippen LogP) is 4.52. The van der Waals surface area contributed by atoms with Gasteiger partial charge >= 0.3 is 5.97 Å². The summed E-state index contributed by atoms with van der Waals surface area (Å²) in [6.45, 7) is 4.86. The Morgan fingerprint density at radius 2 is 1.78 bits per heavy atom. The topological polar surface area (TPSA) is 67.8 Å². The molecule has 0 amide bonds. The van der Waals surface area contributed by atoms with Gasteiger partial charge in [-0.3, -0.25) is 4.79 Å². The van der Waals surface area contributed by atoms with E-state index in [-0.39, 0.29) is 0 Å². The largest absolute Gasteiger partial charge is 0.493 e. The number of rotatable bonds is 10. The summed E-state index contributed by atoms with van der Waals surface area (Å²) in [5.74, 6) is 0.711. The van der Waals surface area contributed by atoms with E-state index in [4.69, 9.17) is 21.1 Å². The maximum Gasteiger partial charge on any atom is 0.320 e. The van der Waals surface area contributed by atoms with E-state index in [9.17, 15) is 9.90 Å². The minimum Gasteiger partial charge on any atom is -0.493 e. The number of carbonyl (C=O) groups is 1. The molecule has 1 atom stereocenters. The van der Waals surface area contributed by atoms with Gasteiger partial charge in [0.2, 0.25) is 0 Å². The Bertz CT molecular complexity index is 746. The third kappa shape index (κ3) is 6.77. The Balaban J connectivity index is 2.00. The van der Waals surface area contributed by atoms with Crippen molar-refractivity contribution in [3.8, 4) is 11.5 Å². The third-order valence-electron chi connectivity index (χ3n) is 4.09. The zero-order valence-electron chi connectivity index (χ0n) is 15.9. The van der Waals surface area contributed by atoms with Crippen LogP contribution in [0.15, 0.2) is 42.5 Å². The molecule has 0 bridgehead atoms. The summed E-state index contributed by atoms with van der Waals surface area (Å²) < 4.78 is 11.3. The van der Waals surface area contributed by atoms with Crippen LogP contribution in [0.1, 0.15) is 31.4 Å². The van der Waals surface area contributed by atoms with E-state index in [1.54, 1.807) is 7.11 Å². The third-order valence-corrected chi connectivity index (χ3v) is 4.35. The Hall–Kier alpha value is -2.24. The van der Waals surface area contributed by atoms with Crippen LogP contribution in [0.4, 0.5) is 0 Å². The van der Waals surface area contributed by atoms with E-state index in [1.165, 1.54) is 0 Å². The van der Waals surface area contributed by atoms with Crippen LogP contribution < -0.4 is 14.8 Å². The van der Waals surface area contributed by atoms with Crippen LogP contribution in [0.3, 0.4) is 0 Å². The van der Waals surface area contributed by atoms with Gasteiger partial charge in [-0.25, -0.2) is 0 Å². The molecule has 2 rings (SSSR count). The molecule has 0 aromatic heterocycles. The monoisotopic (exact) mass is 391 g/mol. The highest BCUT2D eigenvalue weighted by atomic mass is 35.5. The Labute approximate surface area is 165 Å². The van der Waals surface area contributed by atoms with Crippen LogP contribution in [0.5, 0.6) is 11.5 Å². The summed E-state index contributed by atoms with van der Waals surface area (Å²) in [5, 5.41) is 13.1. The van der Waals surface area contributed by atoms with E-state index in [1.807, 2.05) is 56.3 Å². The number of methoxy groups -OCH3 is 1. The summed E-state index contributed by atoms with van der Waals surface area (Å²) in [5.41, 5.74) is 1.94. The Morgan fingerprint density at radius 1 is 1.11 bits per heavy atom. The molecule has 0 aliphatic carbocycles. The highest BCUT2D eigenvalue weighted by Gasteiger charge is 2.18. The average Bonchev–Trinajstić information content (AvgIpc) is 2.64. The van der Waals surface area contributed by atoms with Crippen molar-refractivity contribution in [2.24, 2.45) is 5.92 Å². The summed E-state index contributed by atoms with van der Waals surface area (Å²) >= 11 is 5.89. The second-order valence-corrected chi connectivity index (χ2v) is 7.24. The van der Waals surface area contributed by atoms with Crippen molar-refractivity contribution in [2.75, 3.05) is 7.11 Å². The molecule has 0 aliphatic heterocycles. The molecule has 0 spiro atoms. The lowest BCUT2D eigenvalue weighted by molar-refractivity contribution is -0.140. The van der Waals surface area contributed by atoms with E-state index < -0.39 is 12.0 Å². The van der Waals surface area contributed by atoms with Gasteiger partial charge in [-0.05, 0) is 47.7 Å². The number of carboxylic acid groups (broad SMARTS) is 1. The van der Waals surface area contributed by atoms with Crippen molar-refractivity contribution in [3.63, 3.8) is 0 Å². The second-order valence-electron chi connectivity index (χ2n) is 6.80. The van der Waals surface area contributed by atoms with Crippen molar-refractivity contribution >= 4 is 17.6 Å². The van der Waals surface area contributed by atoms with Gasteiger partial charge in [0.15, 0.2) is 11.5 Å². The fourth-order valence-electron chi connectivity index (χ4n) is 2.67. The van der Waals surface area contributed by atoms with E-state index in [0.29, 0.717) is 42.0 Å². The standard InChI is InChI=1S/C21H26ClNO4/c1-14(2)10-18(21(24)25)23-12-16-6-9-19(20(11-16)26-3)27-13-15-4-7-17(22)8-5-15/h4-9,11,14,18,23H,10,12-13H2,1-3H3,(H,24,25). The van der Waals surface area contributed by atoms with Gasteiger partial charge < -0.3 is 19.9 Å². The average molecular weight is 392 g/mol. The number of benzene rings is 2. The number of nitrogens with one attached hydrogen (secondary N) is 1. The van der Waals surface area contributed by atoms with Gasteiger partial charge in [0.1, 0.15) is 12.6 Å². The summed E-state index contributed by atoms with van der Waals surface area (Å²) in [6.07, 6.45) is 0.578. The number of ether oxygens (including phenoxy) is 2. The van der Waals surface area contributed by atoms with Gasteiger partial charge in [-0.2, -0.15) is 0 Å². The lowest BCUT2D eigenvalue weighted by Crippen LogP contribution is -2.37. The fraction of sp³-hybridized carbons (Fsp3) is 0.381. The molecular weight excluding hydrogens is 366 g/mol. The summed E-state index contributed by atoms with van der Waals surface area (Å²) in [7, 11) is 1.58. The van der Waals surface area contributed by atoms with Crippen LogP contribution in [0, 0.1) is 5.92 Å². The summed E-state index contributed by atoms with van der Waals surface area (Å²) in [6, 6.07) is 12.5. The molecule has 5 nitrogen and oxygen atoms in total. The molecule has 0 aliphatic rings. The highest BCUT2D eigenvalue weighted by Crippen LogP contribution is 2.29. The molecule has 27 heavy (non-hydrogen) atoms.